The molecule has 0 unspecified atom stereocenters. The standard InChI is InChI=1S/C18H18N4O2/c19-16-17(22-7-9-23-10-8-22)20-12-21-18(16)24-15-6-5-13-3-1-2-4-14(13)11-15/h1-6,11-12H,7-10,19H2. The number of nitrogens with two attached hydrogens (primary N) is 1. The van der Waals surface area contributed by atoms with Crippen LogP contribution in [0.25, 0.3) is 10.8 Å². The number of hydrogen-bond acceptors (Lipinski definition) is 6. The fraction of sp³-hybridized carbons (Fsp3) is 0.222. The molecule has 0 spiro atoms. The molecule has 0 atom stereocenters. The van der Waals surface area contributed by atoms with Gasteiger partial charge in [-0.3, -0.25) is 0 Å². The molecule has 0 radical (unpaired) electrons. The molecule has 6 heteroatoms. The van der Waals surface area contributed by atoms with Crippen LogP contribution in [0.15, 0.2) is 48.8 Å². The number of benzene rings is 2. The highest BCUT2D eigenvalue weighted by molar-refractivity contribution is 5.83. The first-order valence-corrected chi connectivity index (χ1v) is 7.91. The molecule has 0 amide bonds. The summed E-state index contributed by atoms with van der Waals surface area (Å²) in [6.45, 7) is 2.86. The maximum Gasteiger partial charge on any atom is 0.248 e. The fourth-order valence-corrected chi connectivity index (χ4v) is 2.82. The maximum atomic E-state index is 6.24. The zero-order valence-corrected chi connectivity index (χ0v) is 13.2. The highest BCUT2D eigenvalue weighted by Crippen LogP contribution is 2.32. The van der Waals surface area contributed by atoms with Gasteiger partial charge >= 0.3 is 0 Å². The van der Waals surface area contributed by atoms with Gasteiger partial charge in [0.15, 0.2) is 5.82 Å². The van der Waals surface area contributed by atoms with Crippen molar-refractivity contribution >= 4 is 22.3 Å². The SMILES string of the molecule is Nc1c(Oc2ccc3ccccc3c2)ncnc1N1CCOCC1. The Balaban J connectivity index is 1.63. The number of nitrogens with zero attached hydrogens (tertiary/aromatic N) is 3. The molecule has 0 bridgehead atoms. The van der Waals surface area contributed by atoms with Crippen molar-refractivity contribution in [2.45, 2.75) is 0 Å². The van der Waals surface area contributed by atoms with Gasteiger partial charge in [-0.1, -0.05) is 30.3 Å². The molecule has 6 nitrogen and oxygen atoms in total. The molecule has 2 aromatic carbocycles. The van der Waals surface area contributed by atoms with Gasteiger partial charge in [0.25, 0.3) is 0 Å². The molecule has 4 rings (SSSR count). The van der Waals surface area contributed by atoms with E-state index >= 15 is 0 Å². The summed E-state index contributed by atoms with van der Waals surface area (Å²) >= 11 is 0. The zero-order valence-electron chi connectivity index (χ0n) is 13.2. The number of hydrogen-bond donors (Lipinski definition) is 1. The van der Waals surface area contributed by atoms with Gasteiger partial charge < -0.3 is 20.1 Å². The first-order chi connectivity index (χ1) is 11.8. The van der Waals surface area contributed by atoms with Crippen molar-refractivity contribution in [3.8, 4) is 11.6 Å². The fourth-order valence-electron chi connectivity index (χ4n) is 2.82. The van der Waals surface area contributed by atoms with Gasteiger partial charge in [0, 0.05) is 13.1 Å². The summed E-state index contributed by atoms with van der Waals surface area (Å²) in [6.07, 6.45) is 1.48. The molecule has 0 aliphatic carbocycles. The molecule has 3 aromatic rings. The Bertz CT molecular complexity index is 863. The van der Waals surface area contributed by atoms with Crippen molar-refractivity contribution in [1.82, 2.24) is 9.97 Å². The highest BCUT2D eigenvalue weighted by Gasteiger charge is 2.18. The predicted octanol–water partition coefficient (Wildman–Crippen LogP) is 2.84. The van der Waals surface area contributed by atoms with Crippen LogP contribution in [-0.2, 0) is 4.74 Å². The second-order valence-corrected chi connectivity index (χ2v) is 5.63. The van der Waals surface area contributed by atoms with Crippen LogP contribution in [-0.4, -0.2) is 36.3 Å². The Morgan fingerprint density at radius 3 is 2.62 bits per heavy atom. The number of rotatable bonds is 3. The molecule has 2 heterocycles. The summed E-state index contributed by atoms with van der Waals surface area (Å²) in [7, 11) is 0. The number of nitrogen functional groups attached to an aromatic ring is 1. The van der Waals surface area contributed by atoms with E-state index in [9.17, 15) is 0 Å². The number of anilines is 2. The minimum Gasteiger partial charge on any atom is -0.437 e. The predicted molar refractivity (Wildman–Crippen MR) is 93.5 cm³/mol. The van der Waals surface area contributed by atoms with Gasteiger partial charge in [-0.2, -0.15) is 4.98 Å². The second-order valence-electron chi connectivity index (χ2n) is 5.63. The molecule has 1 saturated heterocycles. The van der Waals surface area contributed by atoms with Gasteiger partial charge in [0.1, 0.15) is 17.8 Å². The van der Waals surface area contributed by atoms with Crippen molar-refractivity contribution in [3.63, 3.8) is 0 Å². The lowest BCUT2D eigenvalue weighted by atomic mass is 10.1. The molecule has 24 heavy (non-hydrogen) atoms. The number of fused-ring (bicyclic) bond motifs is 1. The van der Waals surface area contributed by atoms with E-state index in [-0.39, 0.29) is 0 Å². The van der Waals surface area contributed by atoms with Crippen LogP contribution in [0.3, 0.4) is 0 Å². The Kier molecular flexibility index (Phi) is 3.88. The summed E-state index contributed by atoms with van der Waals surface area (Å²) in [4.78, 5) is 10.6. The molecular weight excluding hydrogens is 304 g/mol. The highest BCUT2D eigenvalue weighted by atomic mass is 16.5. The van der Waals surface area contributed by atoms with Crippen LogP contribution >= 0.6 is 0 Å². The molecule has 1 aliphatic heterocycles. The Hall–Kier alpha value is -2.86. The first kappa shape index (κ1) is 14.7. The third kappa shape index (κ3) is 2.83. The summed E-state index contributed by atoms with van der Waals surface area (Å²) in [5.41, 5.74) is 6.69. The van der Waals surface area contributed by atoms with Gasteiger partial charge in [-0.25, -0.2) is 4.98 Å². The van der Waals surface area contributed by atoms with E-state index in [1.165, 1.54) is 6.33 Å². The lowest BCUT2D eigenvalue weighted by Gasteiger charge is -2.28. The molecule has 1 aromatic heterocycles. The van der Waals surface area contributed by atoms with Crippen molar-refractivity contribution in [3.05, 3.63) is 48.8 Å². The second kappa shape index (κ2) is 6.33. The lowest BCUT2D eigenvalue weighted by molar-refractivity contribution is 0.122. The summed E-state index contributed by atoms with van der Waals surface area (Å²) in [6, 6.07) is 14.0. The van der Waals surface area contributed by atoms with E-state index in [2.05, 4.69) is 20.9 Å². The third-order valence-corrected chi connectivity index (χ3v) is 4.07. The monoisotopic (exact) mass is 322 g/mol. The van der Waals surface area contributed by atoms with E-state index < -0.39 is 0 Å². The van der Waals surface area contributed by atoms with E-state index in [0.29, 0.717) is 36.3 Å². The van der Waals surface area contributed by atoms with Gasteiger partial charge in [0.2, 0.25) is 5.88 Å². The Morgan fingerprint density at radius 1 is 1.00 bits per heavy atom. The maximum absolute atomic E-state index is 6.24. The Morgan fingerprint density at radius 2 is 1.79 bits per heavy atom. The van der Waals surface area contributed by atoms with Crippen LogP contribution in [0.2, 0.25) is 0 Å². The molecule has 1 fully saturated rings. The number of morpholine rings is 1. The topological polar surface area (TPSA) is 73.5 Å². The minimum atomic E-state index is 0.377. The average molecular weight is 322 g/mol. The molecule has 2 N–H and O–H groups in total. The smallest absolute Gasteiger partial charge is 0.248 e. The van der Waals surface area contributed by atoms with Gasteiger partial charge in [-0.05, 0) is 22.9 Å². The van der Waals surface area contributed by atoms with Crippen molar-refractivity contribution in [2.75, 3.05) is 36.9 Å². The molecule has 0 saturated carbocycles. The molecule has 1 aliphatic rings. The Labute approximate surface area is 139 Å². The van der Waals surface area contributed by atoms with E-state index in [1.54, 1.807) is 0 Å². The quantitative estimate of drug-likeness (QED) is 0.799. The van der Waals surface area contributed by atoms with E-state index in [1.807, 2.05) is 36.4 Å². The van der Waals surface area contributed by atoms with E-state index in [4.69, 9.17) is 15.2 Å². The van der Waals surface area contributed by atoms with Crippen LogP contribution in [0.1, 0.15) is 0 Å². The summed E-state index contributed by atoms with van der Waals surface area (Å²) < 4.78 is 11.3. The average Bonchev–Trinajstić information content (AvgIpc) is 2.64. The third-order valence-electron chi connectivity index (χ3n) is 4.07. The van der Waals surface area contributed by atoms with Crippen LogP contribution in [0.5, 0.6) is 11.6 Å². The summed E-state index contributed by atoms with van der Waals surface area (Å²) in [5.74, 6) is 1.78. The summed E-state index contributed by atoms with van der Waals surface area (Å²) in [5, 5.41) is 2.27. The number of ether oxygens (including phenoxy) is 2. The number of aromatic nitrogens is 2. The van der Waals surface area contributed by atoms with Crippen LogP contribution in [0, 0.1) is 0 Å². The minimum absolute atomic E-state index is 0.377. The van der Waals surface area contributed by atoms with E-state index in [0.717, 1.165) is 23.9 Å². The van der Waals surface area contributed by atoms with Crippen molar-refractivity contribution in [1.29, 1.82) is 0 Å². The van der Waals surface area contributed by atoms with Crippen LogP contribution < -0.4 is 15.4 Å². The molecular formula is C18H18N4O2. The van der Waals surface area contributed by atoms with Crippen molar-refractivity contribution < 1.29 is 9.47 Å². The zero-order chi connectivity index (χ0) is 16.4. The largest absolute Gasteiger partial charge is 0.437 e. The van der Waals surface area contributed by atoms with Crippen molar-refractivity contribution in [2.24, 2.45) is 0 Å². The van der Waals surface area contributed by atoms with Gasteiger partial charge in [0.05, 0.1) is 13.2 Å². The lowest BCUT2D eigenvalue weighted by Crippen LogP contribution is -2.37. The first-order valence-electron chi connectivity index (χ1n) is 7.91. The van der Waals surface area contributed by atoms with Gasteiger partial charge in [-0.15, -0.1) is 0 Å². The normalized spacial score (nSPS) is 14.8. The van der Waals surface area contributed by atoms with Crippen LogP contribution in [0.4, 0.5) is 11.5 Å². The molecule has 122 valence electrons.